The fourth-order valence-electron chi connectivity index (χ4n) is 1.84. The van der Waals surface area contributed by atoms with Gasteiger partial charge in [-0.2, -0.15) is 0 Å². The first-order valence-electron chi connectivity index (χ1n) is 6.78. The number of hydrogen-bond acceptors (Lipinski definition) is 3. The number of rotatable bonds is 6. The van der Waals surface area contributed by atoms with Gasteiger partial charge < -0.3 is 5.32 Å². The molecule has 0 radical (unpaired) electrons. The summed E-state index contributed by atoms with van der Waals surface area (Å²) in [6, 6.07) is 6.45. The SMILES string of the molecule is CCCNCC(C)=Cc1csc(-c2ccc(F)cc2)n1. The van der Waals surface area contributed by atoms with Gasteiger partial charge in [0.05, 0.1) is 5.69 Å². The molecule has 0 saturated heterocycles. The summed E-state index contributed by atoms with van der Waals surface area (Å²) < 4.78 is 12.9. The molecule has 2 aromatic rings. The van der Waals surface area contributed by atoms with Crippen LogP contribution in [0.4, 0.5) is 4.39 Å². The maximum absolute atomic E-state index is 12.9. The minimum atomic E-state index is -0.219. The van der Waals surface area contributed by atoms with Crippen molar-refractivity contribution in [1.29, 1.82) is 0 Å². The molecule has 0 aliphatic carbocycles. The van der Waals surface area contributed by atoms with Gasteiger partial charge in [0.1, 0.15) is 10.8 Å². The van der Waals surface area contributed by atoms with Gasteiger partial charge in [-0.05, 0) is 50.2 Å². The van der Waals surface area contributed by atoms with Gasteiger partial charge in [0.25, 0.3) is 0 Å². The van der Waals surface area contributed by atoms with Crippen LogP contribution in [0.2, 0.25) is 0 Å². The average molecular weight is 290 g/mol. The Balaban J connectivity index is 2.05. The van der Waals surface area contributed by atoms with Crippen LogP contribution < -0.4 is 5.32 Å². The molecule has 0 fully saturated rings. The van der Waals surface area contributed by atoms with Crippen molar-refractivity contribution in [3.8, 4) is 10.6 Å². The zero-order chi connectivity index (χ0) is 14.4. The molecule has 20 heavy (non-hydrogen) atoms. The summed E-state index contributed by atoms with van der Waals surface area (Å²) in [5.41, 5.74) is 3.18. The van der Waals surface area contributed by atoms with Crippen LogP contribution in [0, 0.1) is 5.82 Å². The fourth-order valence-corrected chi connectivity index (χ4v) is 2.63. The number of thiazole rings is 1. The normalized spacial score (nSPS) is 11.8. The first kappa shape index (κ1) is 14.9. The minimum Gasteiger partial charge on any atom is -0.313 e. The molecule has 1 aromatic heterocycles. The standard InChI is InChI=1S/C16H19FN2S/c1-3-8-18-10-12(2)9-15-11-20-16(19-15)13-4-6-14(17)7-5-13/h4-7,9,11,18H,3,8,10H2,1-2H3. The minimum absolute atomic E-state index is 0.219. The monoisotopic (exact) mass is 290 g/mol. The second-order valence-electron chi connectivity index (χ2n) is 4.75. The van der Waals surface area contributed by atoms with Gasteiger partial charge >= 0.3 is 0 Å². The van der Waals surface area contributed by atoms with E-state index in [1.165, 1.54) is 17.7 Å². The van der Waals surface area contributed by atoms with E-state index in [4.69, 9.17) is 0 Å². The highest BCUT2D eigenvalue weighted by Crippen LogP contribution is 2.24. The lowest BCUT2D eigenvalue weighted by Gasteiger charge is -2.02. The van der Waals surface area contributed by atoms with Crippen LogP contribution in [0.1, 0.15) is 26.0 Å². The van der Waals surface area contributed by atoms with E-state index in [0.29, 0.717) is 0 Å². The Bertz CT molecular complexity index is 572. The second-order valence-corrected chi connectivity index (χ2v) is 5.61. The summed E-state index contributed by atoms with van der Waals surface area (Å²) in [6.07, 6.45) is 3.23. The summed E-state index contributed by atoms with van der Waals surface area (Å²) in [4.78, 5) is 4.57. The quantitative estimate of drug-likeness (QED) is 0.800. The summed E-state index contributed by atoms with van der Waals surface area (Å²) in [5, 5.41) is 6.32. The van der Waals surface area contributed by atoms with Gasteiger partial charge in [0, 0.05) is 17.5 Å². The van der Waals surface area contributed by atoms with E-state index in [2.05, 4.69) is 30.2 Å². The van der Waals surface area contributed by atoms with Gasteiger partial charge in [-0.1, -0.05) is 12.5 Å². The van der Waals surface area contributed by atoms with E-state index in [0.717, 1.165) is 35.8 Å². The van der Waals surface area contributed by atoms with Crippen molar-refractivity contribution in [3.63, 3.8) is 0 Å². The van der Waals surface area contributed by atoms with Crippen LogP contribution in [0.15, 0.2) is 35.2 Å². The van der Waals surface area contributed by atoms with Crippen molar-refractivity contribution in [1.82, 2.24) is 10.3 Å². The Morgan fingerprint density at radius 3 is 2.80 bits per heavy atom. The average Bonchev–Trinajstić information content (AvgIpc) is 2.88. The number of benzene rings is 1. The van der Waals surface area contributed by atoms with Crippen molar-refractivity contribution in [2.24, 2.45) is 0 Å². The van der Waals surface area contributed by atoms with Crippen molar-refractivity contribution < 1.29 is 4.39 Å². The number of nitrogens with zero attached hydrogens (tertiary/aromatic N) is 1. The van der Waals surface area contributed by atoms with E-state index in [9.17, 15) is 4.39 Å². The summed E-state index contributed by atoms with van der Waals surface area (Å²) >= 11 is 1.58. The third kappa shape index (κ3) is 4.25. The van der Waals surface area contributed by atoms with E-state index >= 15 is 0 Å². The molecule has 1 aromatic carbocycles. The number of aromatic nitrogens is 1. The summed E-state index contributed by atoms with van der Waals surface area (Å²) in [5.74, 6) is -0.219. The topological polar surface area (TPSA) is 24.9 Å². The maximum atomic E-state index is 12.9. The van der Waals surface area contributed by atoms with E-state index < -0.39 is 0 Å². The molecule has 0 saturated carbocycles. The highest BCUT2D eigenvalue weighted by Gasteiger charge is 2.03. The molecule has 2 nitrogen and oxygen atoms in total. The predicted octanol–water partition coefficient (Wildman–Crippen LogP) is 4.35. The van der Waals surface area contributed by atoms with Gasteiger partial charge in [-0.15, -0.1) is 11.3 Å². The molecule has 1 heterocycles. The van der Waals surface area contributed by atoms with Crippen LogP contribution in [0.5, 0.6) is 0 Å². The molecule has 0 bridgehead atoms. The molecule has 0 spiro atoms. The fraction of sp³-hybridized carbons (Fsp3) is 0.312. The van der Waals surface area contributed by atoms with Gasteiger partial charge in [0.2, 0.25) is 0 Å². The molecule has 4 heteroatoms. The molecule has 1 N–H and O–H groups in total. The predicted molar refractivity (Wildman–Crippen MR) is 84.3 cm³/mol. The molecule has 0 aliphatic heterocycles. The Kier molecular flexibility index (Phi) is 5.44. The number of halogens is 1. The molecular weight excluding hydrogens is 271 g/mol. The smallest absolute Gasteiger partial charge is 0.124 e. The largest absolute Gasteiger partial charge is 0.313 e. The second kappa shape index (κ2) is 7.31. The Morgan fingerprint density at radius 2 is 2.10 bits per heavy atom. The van der Waals surface area contributed by atoms with Crippen molar-refractivity contribution in [2.75, 3.05) is 13.1 Å². The Morgan fingerprint density at radius 1 is 1.35 bits per heavy atom. The molecule has 0 amide bonds. The zero-order valence-corrected chi connectivity index (χ0v) is 12.6. The number of hydrogen-bond donors (Lipinski definition) is 1. The maximum Gasteiger partial charge on any atom is 0.124 e. The third-order valence-corrected chi connectivity index (χ3v) is 3.75. The van der Waals surface area contributed by atoms with Crippen LogP contribution in [-0.2, 0) is 0 Å². The van der Waals surface area contributed by atoms with Crippen LogP contribution in [-0.4, -0.2) is 18.1 Å². The Labute approximate surface area is 123 Å². The van der Waals surface area contributed by atoms with E-state index in [1.807, 2.05) is 5.38 Å². The third-order valence-electron chi connectivity index (χ3n) is 2.84. The Hall–Kier alpha value is -1.52. The molecule has 106 valence electrons. The molecular formula is C16H19FN2S. The lowest BCUT2D eigenvalue weighted by molar-refractivity contribution is 0.628. The molecule has 0 unspecified atom stereocenters. The number of nitrogens with one attached hydrogen (secondary N) is 1. The molecule has 2 rings (SSSR count). The summed E-state index contributed by atoms with van der Waals surface area (Å²) in [7, 11) is 0. The van der Waals surface area contributed by atoms with Crippen LogP contribution >= 0.6 is 11.3 Å². The van der Waals surface area contributed by atoms with Gasteiger partial charge in [0.15, 0.2) is 0 Å². The summed E-state index contributed by atoms with van der Waals surface area (Å²) in [6.45, 7) is 6.17. The first-order valence-corrected chi connectivity index (χ1v) is 7.66. The lowest BCUT2D eigenvalue weighted by atomic mass is 10.2. The molecule has 0 atom stereocenters. The van der Waals surface area contributed by atoms with Crippen molar-refractivity contribution in [3.05, 3.63) is 46.7 Å². The highest BCUT2D eigenvalue weighted by atomic mass is 32.1. The van der Waals surface area contributed by atoms with Gasteiger partial charge in [-0.3, -0.25) is 0 Å². The van der Waals surface area contributed by atoms with Crippen LogP contribution in [0.3, 0.4) is 0 Å². The van der Waals surface area contributed by atoms with Crippen LogP contribution in [0.25, 0.3) is 16.6 Å². The van der Waals surface area contributed by atoms with Crippen molar-refractivity contribution in [2.45, 2.75) is 20.3 Å². The zero-order valence-electron chi connectivity index (χ0n) is 11.8. The van der Waals surface area contributed by atoms with E-state index in [1.54, 1.807) is 23.5 Å². The molecule has 0 aliphatic rings. The first-order chi connectivity index (χ1) is 9.69. The van der Waals surface area contributed by atoms with Gasteiger partial charge in [-0.25, -0.2) is 9.37 Å². The van der Waals surface area contributed by atoms with E-state index in [-0.39, 0.29) is 5.82 Å². The van der Waals surface area contributed by atoms with Crippen molar-refractivity contribution >= 4 is 17.4 Å². The lowest BCUT2D eigenvalue weighted by Crippen LogP contribution is -2.16. The highest BCUT2D eigenvalue weighted by molar-refractivity contribution is 7.13.